The van der Waals surface area contributed by atoms with Gasteiger partial charge in [-0.2, -0.15) is 0 Å². The van der Waals surface area contributed by atoms with Crippen molar-refractivity contribution in [2.45, 2.75) is 13.3 Å². The predicted molar refractivity (Wildman–Crippen MR) is 120 cm³/mol. The summed E-state index contributed by atoms with van der Waals surface area (Å²) in [5.41, 5.74) is 3.73. The average Bonchev–Trinajstić information content (AvgIpc) is 3.53. The molecular formula is C24H18ClN3O4. The molecule has 0 saturated carbocycles. The molecule has 0 radical (unpaired) electrons. The lowest BCUT2D eigenvalue weighted by Crippen LogP contribution is -2.28. The summed E-state index contributed by atoms with van der Waals surface area (Å²) in [6, 6.07) is 16.0. The fraction of sp³-hybridized carbons (Fsp3) is 0.125. The van der Waals surface area contributed by atoms with Crippen LogP contribution in [0.5, 0.6) is 0 Å². The van der Waals surface area contributed by atoms with E-state index in [0.29, 0.717) is 52.0 Å². The number of halogens is 1. The summed E-state index contributed by atoms with van der Waals surface area (Å²) < 4.78 is 10.5. The monoisotopic (exact) mass is 447 g/mol. The maximum atomic E-state index is 13.1. The number of anilines is 2. The van der Waals surface area contributed by atoms with Crippen molar-refractivity contribution in [3.63, 3.8) is 0 Å². The highest BCUT2D eigenvalue weighted by Gasteiger charge is 2.28. The molecule has 7 nitrogen and oxygen atoms in total. The second-order valence-electron chi connectivity index (χ2n) is 7.42. The standard InChI is InChI=1S/C24H18ClN3O4/c1-14-21(22(27-32-14)17-5-2-3-6-18(17)25)23(29)26-16-8-9-19-15(13-16)10-11-28(19)24(30)20-7-4-12-31-20/h2-9,12-13H,10-11H2,1H3,(H,26,29). The van der Waals surface area contributed by atoms with E-state index in [4.69, 9.17) is 20.5 Å². The van der Waals surface area contributed by atoms with E-state index in [9.17, 15) is 9.59 Å². The van der Waals surface area contributed by atoms with Crippen molar-refractivity contribution >= 4 is 34.8 Å². The molecule has 3 heterocycles. The van der Waals surface area contributed by atoms with Crippen LogP contribution in [0.25, 0.3) is 11.3 Å². The molecule has 0 saturated heterocycles. The van der Waals surface area contributed by atoms with Gasteiger partial charge in [0.25, 0.3) is 11.8 Å². The summed E-state index contributed by atoms with van der Waals surface area (Å²) in [5.74, 6) is 0.161. The number of benzene rings is 2. The third-order valence-corrected chi connectivity index (χ3v) is 5.76. The summed E-state index contributed by atoms with van der Waals surface area (Å²) in [7, 11) is 0. The van der Waals surface area contributed by atoms with E-state index >= 15 is 0 Å². The van der Waals surface area contributed by atoms with Crippen molar-refractivity contribution in [1.82, 2.24) is 5.16 Å². The number of rotatable bonds is 4. The molecule has 0 atom stereocenters. The molecule has 2 aromatic carbocycles. The Morgan fingerprint density at radius 3 is 2.75 bits per heavy atom. The molecule has 5 rings (SSSR count). The maximum absolute atomic E-state index is 13.1. The van der Waals surface area contributed by atoms with E-state index in [2.05, 4.69) is 10.5 Å². The number of aryl methyl sites for hydroxylation is 1. The van der Waals surface area contributed by atoms with Gasteiger partial charge in [0.05, 0.1) is 11.3 Å². The van der Waals surface area contributed by atoms with Gasteiger partial charge < -0.3 is 19.2 Å². The van der Waals surface area contributed by atoms with Crippen molar-refractivity contribution < 1.29 is 18.5 Å². The van der Waals surface area contributed by atoms with E-state index in [1.165, 1.54) is 6.26 Å². The van der Waals surface area contributed by atoms with Gasteiger partial charge in [0.2, 0.25) is 0 Å². The SMILES string of the molecule is Cc1onc(-c2ccccc2Cl)c1C(=O)Nc1ccc2c(c1)CCN2C(=O)c1ccco1. The lowest BCUT2D eigenvalue weighted by atomic mass is 10.1. The highest BCUT2D eigenvalue weighted by atomic mass is 35.5. The van der Waals surface area contributed by atoms with E-state index in [1.807, 2.05) is 24.3 Å². The zero-order chi connectivity index (χ0) is 22.2. The van der Waals surface area contributed by atoms with Gasteiger partial charge in [-0.1, -0.05) is 35.0 Å². The van der Waals surface area contributed by atoms with Crippen LogP contribution in [0, 0.1) is 6.92 Å². The Hall–Kier alpha value is -3.84. The van der Waals surface area contributed by atoms with Crippen molar-refractivity contribution in [3.05, 3.63) is 88.5 Å². The number of carbonyl (C=O) groups excluding carboxylic acids is 2. The van der Waals surface area contributed by atoms with Gasteiger partial charge in [0.1, 0.15) is 17.0 Å². The zero-order valence-corrected chi connectivity index (χ0v) is 17.8. The van der Waals surface area contributed by atoms with Crippen molar-refractivity contribution in [3.8, 4) is 11.3 Å². The summed E-state index contributed by atoms with van der Waals surface area (Å²) in [4.78, 5) is 27.4. The van der Waals surface area contributed by atoms with Crippen molar-refractivity contribution in [1.29, 1.82) is 0 Å². The number of fused-ring (bicyclic) bond motifs is 1. The molecule has 0 unspecified atom stereocenters. The summed E-state index contributed by atoms with van der Waals surface area (Å²) in [6.07, 6.45) is 2.16. The van der Waals surface area contributed by atoms with Crippen LogP contribution in [0.15, 0.2) is 69.8 Å². The van der Waals surface area contributed by atoms with Gasteiger partial charge in [0, 0.05) is 23.5 Å². The van der Waals surface area contributed by atoms with Crippen LogP contribution in [0.3, 0.4) is 0 Å². The molecule has 1 aliphatic rings. The lowest BCUT2D eigenvalue weighted by Gasteiger charge is -2.16. The molecule has 0 aliphatic carbocycles. The largest absolute Gasteiger partial charge is 0.459 e. The third kappa shape index (κ3) is 3.46. The number of hydrogen-bond donors (Lipinski definition) is 1. The maximum Gasteiger partial charge on any atom is 0.293 e. The number of aromatic nitrogens is 1. The first kappa shape index (κ1) is 20.1. The first-order valence-electron chi connectivity index (χ1n) is 10.0. The number of furan rings is 1. The van der Waals surface area contributed by atoms with E-state index in [1.54, 1.807) is 42.2 Å². The Labute approximate surface area is 188 Å². The quantitative estimate of drug-likeness (QED) is 0.455. The average molecular weight is 448 g/mol. The topological polar surface area (TPSA) is 88.6 Å². The van der Waals surface area contributed by atoms with Gasteiger partial charge in [-0.25, -0.2) is 0 Å². The smallest absolute Gasteiger partial charge is 0.293 e. The first-order valence-corrected chi connectivity index (χ1v) is 10.4. The highest BCUT2D eigenvalue weighted by molar-refractivity contribution is 6.33. The number of nitrogens with one attached hydrogen (secondary N) is 1. The molecule has 2 amide bonds. The molecular weight excluding hydrogens is 430 g/mol. The summed E-state index contributed by atoms with van der Waals surface area (Å²) in [5, 5.41) is 7.44. The molecule has 0 bridgehead atoms. The van der Waals surface area contributed by atoms with Gasteiger partial charge >= 0.3 is 0 Å². The number of hydrogen-bond acceptors (Lipinski definition) is 5. The molecule has 1 N–H and O–H groups in total. The summed E-state index contributed by atoms with van der Waals surface area (Å²) >= 11 is 6.29. The van der Waals surface area contributed by atoms with E-state index in [0.717, 1.165) is 11.3 Å². The third-order valence-electron chi connectivity index (χ3n) is 5.43. The molecule has 32 heavy (non-hydrogen) atoms. The normalized spacial score (nSPS) is 12.6. The minimum absolute atomic E-state index is 0.185. The van der Waals surface area contributed by atoms with Crippen molar-refractivity contribution in [2.24, 2.45) is 0 Å². The molecule has 0 fully saturated rings. The molecule has 1 aliphatic heterocycles. The minimum Gasteiger partial charge on any atom is -0.459 e. The Balaban J connectivity index is 1.40. The second-order valence-corrected chi connectivity index (χ2v) is 7.83. The van der Waals surface area contributed by atoms with E-state index in [-0.39, 0.29) is 11.8 Å². The van der Waals surface area contributed by atoms with Crippen molar-refractivity contribution in [2.75, 3.05) is 16.8 Å². The summed E-state index contributed by atoms with van der Waals surface area (Å²) in [6.45, 7) is 2.23. The molecule has 0 spiro atoms. The predicted octanol–water partition coefficient (Wildman–Crippen LogP) is 5.35. The van der Waals surface area contributed by atoms with Crippen LogP contribution < -0.4 is 10.2 Å². The zero-order valence-electron chi connectivity index (χ0n) is 17.1. The first-order chi connectivity index (χ1) is 15.5. The number of amides is 2. The fourth-order valence-corrected chi connectivity index (χ4v) is 4.12. The number of nitrogens with zero attached hydrogens (tertiary/aromatic N) is 2. The van der Waals surface area contributed by atoms with Crippen LogP contribution in [0.2, 0.25) is 5.02 Å². The Morgan fingerprint density at radius 1 is 1.12 bits per heavy atom. The Kier molecular flexibility index (Phi) is 5.03. The molecule has 8 heteroatoms. The molecule has 160 valence electrons. The number of carbonyl (C=O) groups is 2. The van der Waals surface area contributed by atoms with E-state index < -0.39 is 0 Å². The van der Waals surface area contributed by atoms with Gasteiger partial charge in [-0.05, 0) is 55.3 Å². The van der Waals surface area contributed by atoms with Crippen LogP contribution in [-0.2, 0) is 6.42 Å². The van der Waals surface area contributed by atoms with Crippen LogP contribution >= 0.6 is 11.6 Å². The van der Waals surface area contributed by atoms with Gasteiger partial charge in [-0.15, -0.1) is 0 Å². The van der Waals surface area contributed by atoms with Crippen LogP contribution in [0.4, 0.5) is 11.4 Å². The fourth-order valence-electron chi connectivity index (χ4n) is 3.89. The van der Waals surface area contributed by atoms with Crippen LogP contribution in [0.1, 0.15) is 32.2 Å². The molecule has 2 aromatic heterocycles. The van der Waals surface area contributed by atoms with Crippen LogP contribution in [-0.4, -0.2) is 23.5 Å². The Morgan fingerprint density at radius 2 is 1.97 bits per heavy atom. The lowest BCUT2D eigenvalue weighted by molar-refractivity contribution is 0.0961. The second kappa shape index (κ2) is 8.01. The van der Waals surface area contributed by atoms with Gasteiger partial charge in [0.15, 0.2) is 5.76 Å². The Bertz CT molecular complexity index is 1330. The minimum atomic E-state index is -0.347. The molecule has 4 aromatic rings. The highest BCUT2D eigenvalue weighted by Crippen LogP contribution is 2.34. The van der Waals surface area contributed by atoms with Gasteiger partial charge in [-0.3, -0.25) is 9.59 Å².